The third kappa shape index (κ3) is 2.05. The topological polar surface area (TPSA) is 34.1 Å². The monoisotopic (exact) mass is 180 g/mol. The van der Waals surface area contributed by atoms with Gasteiger partial charge in [-0.1, -0.05) is 6.07 Å². The van der Waals surface area contributed by atoms with Crippen LogP contribution in [0.2, 0.25) is 0 Å². The molecular weight excluding hydrogens is 164 g/mol. The lowest BCUT2D eigenvalue weighted by Crippen LogP contribution is -2.33. The average molecular weight is 180 g/mol. The summed E-state index contributed by atoms with van der Waals surface area (Å²) in [6.07, 6.45) is 1.65. The average Bonchev–Trinajstić information content (AvgIpc) is 2.20. The van der Waals surface area contributed by atoms with Crippen LogP contribution in [0.15, 0.2) is 18.3 Å². The number of nitrogens with zero attached hydrogens (tertiary/aromatic N) is 1. The Hall–Kier alpha value is -0.930. The van der Waals surface area contributed by atoms with E-state index < -0.39 is 6.50 Å². The molecule has 1 aliphatic heterocycles. The summed E-state index contributed by atoms with van der Waals surface area (Å²) in [6, 6.07) is 3.90. The number of ether oxygens (including phenoxy) is 1. The molecule has 1 aromatic rings. The molecule has 0 amide bonds. The molecule has 0 unspecified atom stereocenters. The molecule has 0 aromatic carbocycles. The molecule has 1 aliphatic rings. The number of morpholine rings is 1. The molecule has 0 saturated carbocycles. The Morgan fingerprint density at radius 3 is 3.23 bits per heavy atom. The van der Waals surface area contributed by atoms with Crippen molar-refractivity contribution in [2.24, 2.45) is 0 Å². The first-order valence-corrected chi connectivity index (χ1v) is 4.36. The van der Waals surface area contributed by atoms with Crippen LogP contribution >= 0.6 is 0 Å². The van der Waals surface area contributed by atoms with Crippen molar-refractivity contribution in [3.63, 3.8) is 0 Å². The summed E-state index contributed by atoms with van der Waals surface area (Å²) in [4.78, 5) is 4.26. The van der Waals surface area contributed by atoms with E-state index >= 15 is 0 Å². The summed E-state index contributed by atoms with van der Waals surface area (Å²) < 4.78 is 20.3. The van der Waals surface area contributed by atoms with Crippen LogP contribution in [0.5, 0.6) is 0 Å². The third-order valence-corrected chi connectivity index (χ3v) is 2.03. The molecule has 0 bridgehead atoms. The van der Waals surface area contributed by atoms with Crippen molar-refractivity contribution in [2.75, 3.05) is 19.6 Å². The number of pyridine rings is 1. The molecule has 1 saturated heterocycles. The van der Waals surface area contributed by atoms with E-state index in [1.807, 2.05) is 19.1 Å². The van der Waals surface area contributed by atoms with Crippen molar-refractivity contribution in [2.45, 2.75) is 13.0 Å². The van der Waals surface area contributed by atoms with E-state index in [9.17, 15) is 0 Å². The van der Waals surface area contributed by atoms with Gasteiger partial charge in [0.2, 0.25) is 0 Å². The Labute approximate surface area is 80.9 Å². The summed E-state index contributed by atoms with van der Waals surface area (Å²) >= 11 is 0. The molecule has 70 valence electrons. The number of aromatic nitrogens is 1. The molecule has 2 rings (SSSR count). The zero-order valence-electron chi connectivity index (χ0n) is 9.58. The number of nitrogens with one attached hydrogen (secondary N) is 1. The maximum absolute atomic E-state index is 7.42. The first-order chi connectivity index (χ1) is 7.07. The molecule has 3 heteroatoms. The molecular formula is C10H14N2O. The van der Waals surface area contributed by atoms with Crippen molar-refractivity contribution >= 4 is 0 Å². The molecule has 1 atom stereocenters. The van der Waals surface area contributed by atoms with Crippen molar-refractivity contribution in [1.82, 2.24) is 10.3 Å². The maximum Gasteiger partial charge on any atom is 0.112 e. The van der Waals surface area contributed by atoms with Gasteiger partial charge in [-0.05, 0) is 18.6 Å². The minimum absolute atomic E-state index is 0.0627. The van der Waals surface area contributed by atoms with Crippen LogP contribution in [-0.4, -0.2) is 24.6 Å². The number of hydrogen-bond donors (Lipinski definition) is 1. The van der Waals surface area contributed by atoms with Gasteiger partial charge in [-0.15, -0.1) is 0 Å². The van der Waals surface area contributed by atoms with Gasteiger partial charge in [-0.25, -0.2) is 0 Å². The molecule has 0 spiro atoms. The van der Waals surface area contributed by atoms with Gasteiger partial charge < -0.3 is 10.1 Å². The quantitative estimate of drug-likeness (QED) is 0.701. The second kappa shape index (κ2) is 3.85. The summed E-state index contributed by atoms with van der Waals surface area (Å²) in [5, 5.41) is 2.79. The first-order valence-electron chi connectivity index (χ1n) is 5.36. The van der Waals surface area contributed by atoms with E-state index in [-0.39, 0.29) is 12.7 Å². The highest BCUT2D eigenvalue weighted by Crippen LogP contribution is 2.15. The molecule has 3 nitrogen and oxygen atoms in total. The zero-order chi connectivity index (χ0) is 10.9. The van der Waals surface area contributed by atoms with Crippen LogP contribution in [0, 0.1) is 6.92 Å². The predicted octanol–water partition coefficient (Wildman–Crippen LogP) is 1.05. The van der Waals surface area contributed by atoms with Crippen LogP contribution < -0.4 is 5.32 Å². The van der Waals surface area contributed by atoms with Crippen LogP contribution in [0.1, 0.15) is 20.1 Å². The zero-order valence-corrected chi connectivity index (χ0v) is 7.58. The second-order valence-corrected chi connectivity index (χ2v) is 3.12. The first kappa shape index (κ1) is 6.51. The Morgan fingerprint density at radius 2 is 2.62 bits per heavy atom. The predicted molar refractivity (Wildman–Crippen MR) is 50.5 cm³/mol. The fraction of sp³-hybridized carbons (Fsp3) is 0.500. The van der Waals surface area contributed by atoms with E-state index in [1.54, 1.807) is 6.20 Å². The van der Waals surface area contributed by atoms with Gasteiger partial charge in [0.15, 0.2) is 0 Å². The third-order valence-electron chi connectivity index (χ3n) is 2.03. The van der Waals surface area contributed by atoms with Crippen LogP contribution in [-0.2, 0) is 4.74 Å². The lowest BCUT2D eigenvalue weighted by molar-refractivity contribution is 0.0250. The number of rotatable bonds is 1. The Kier molecular flexibility index (Phi) is 1.93. The number of hydrogen-bond acceptors (Lipinski definition) is 3. The second-order valence-electron chi connectivity index (χ2n) is 3.12. The Bertz CT molecular complexity index is 330. The molecule has 1 fully saturated rings. The van der Waals surface area contributed by atoms with E-state index in [2.05, 4.69) is 10.3 Å². The highest BCUT2D eigenvalue weighted by molar-refractivity contribution is 5.14. The van der Waals surface area contributed by atoms with Crippen molar-refractivity contribution in [3.05, 3.63) is 29.6 Å². The molecule has 13 heavy (non-hydrogen) atoms. The molecule has 1 N–H and O–H groups in total. The highest BCUT2D eigenvalue weighted by atomic mass is 16.5. The summed E-state index contributed by atoms with van der Waals surface area (Å²) in [5.41, 5.74) is 1.96. The molecule has 0 aliphatic carbocycles. The normalized spacial score (nSPS) is 29.2. The molecule has 0 radical (unpaired) electrons. The standard InChI is InChI=1S/C10H14N2O/c1-8-2-3-9(12-6-8)10-7-11-4-5-13-10/h2-3,6,10-11H,4-5,7H2,1H3/t10-/m0/s1/i4D2. The van der Waals surface area contributed by atoms with Crippen molar-refractivity contribution in [3.8, 4) is 0 Å². The largest absolute Gasteiger partial charge is 0.369 e. The van der Waals surface area contributed by atoms with Crippen molar-refractivity contribution < 1.29 is 7.48 Å². The van der Waals surface area contributed by atoms with E-state index in [1.165, 1.54) is 0 Å². The molecule has 2 heterocycles. The summed E-state index contributed by atoms with van der Waals surface area (Å²) in [7, 11) is 0. The van der Waals surface area contributed by atoms with Gasteiger partial charge in [-0.2, -0.15) is 0 Å². The SMILES string of the molecule is [2H]C1([2H])CO[C@H](c2ccc(C)cn2)CN1. The van der Waals surface area contributed by atoms with Gasteiger partial charge >= 0.3 is 0 Å². The van der Waals surface area contributed by atoms with Crippen LogP contribution in [0.25, 0.3) is 0 Å². The Morgan fingerprint density at radius 1 is 1.69 bits per heavy atom. The number of aryl methyl sites for hydroxylation is 1. The summed E-state index contributed by atoms with van der Waals surface area (Å²) in [5.74, 6) is 0. The highest BCUT2D eigenvalue weighted by Gasteiger charge is 2.15. The van der Waals surface area contributed by atoms with E-state index in [0.29, 0.717) is 6.54 Å². The van der Waals surface area contributed by atoms with Gasteiger partial charge in [0.1, 0.15) is 6.10 Å². The fourth-order valence-electron chi connectivity index (χ4n) is 1.28. The van der Waals surface area contributed by atoms with Gasteiger partial charge in [0.05, 0.1) is 12.3 Å². The minimum Gasteiger partial charge on any atom is -0.369 e. The van der Waals surface area contributed by atoms with E-state index in [0.717, 1.165) is 11.3 Å². The minimum atomic E-state index is -1.42. The lowest BCUT2D eigenvalue weighted by atomic mass is 10.2. The smallest absolute Gasteiger partial charge is 0.112 e. The lowest BCUT2D eigenvalue weighted by Gasteiger charge is -2.22. The van der Waals surface area contributed by atoms with Gasteiger partial charge in [0, 0.05) is 22.0 Å². The van der Waals surface area contributed by atoms with Crippen LogP contribution in [0.3, 0.4) is 0 Å². The maximum atomic E-state index is 7.42. The van der Waals surface area contributed by atoms with Crippen molar-refractivity contribution in [1.29, 1.82) is 0 Å². The fourth-order valence-corrected chi connectivity index (χ4v) is 1.28. The Balaban J connectivity index is 2.04. The van der Waals surface area contributed by atoms with Gasteiger partial charge in [-0.3, -0.25) is 4.98 Å². The summed E-state index contributed by atoms with van der Waals surface area (Å²) in [6.45, 7) is 1.09. The van der Waals surface area contributed by atoms with E-state index in [4.69, 9.17) is 7.48 Å². The van der Waals surface area contributed by atoms with Crippen LogP contribution in [0.4, 0.5) is 0 Å². The van der Waals surface area contributed by atoms with Gasteiger partial charge in [0.25, 0.3) is 0 Å². The molecule has 1 aromatic heterocycles.